The Morgan fingerprint density at radius 1 is 1.46 bits per heavy atom. The van der Waals surface area contributed by atoms with E-state index in [2.05, 4.69) is 21.8 Å². The molecule has 0 radical (unpaired) electrons. The molecular weight excluding hydrogens is 322 g/mol. The summed E-state index contributed by atoms with van der Waals surface area (Å²) in [5, 5.41) is 1.01. The largest absolute Gasteiger partial charge is 0.461 e. The van der Waals surface area contributed by atoms with E-state index in [-0.39, 0.29) is 5.97 Å². The van der Waals surface area contributed by atoms with Gasteiger partial charge in [-0.3, -0.25) is 0 Å². The van der Waals surface area contributed by atoms with Crippen LogP contribution in [0.5, 0.6) is 0 Å². The number of piperidine rings is 1. The number of carbonyl (C=O) groups is 1. The number of carbonyl (C=O) groups excluding carboxylic acids is 1. The van der Waals surface area contributed by atoms with Gasteiger partial charge in [-0.05, 0) is 37.2 Å². The van der Waals surface area contributed by atoms with Crippen LogP contribution in [-0.2, 0) is 4.74 Å². The van der Waals surface area contributed by atoms with Crippen LogP contribution in [0.4, 0.5) is 5.82 Å². The minimum absolute atomic E-state index is 0.248. The van der Waals surface area contributed by atoms with Gasteiger partial charge in [0.1, 0.15) is 21.9 Å². The van der Waals surface area contributed by atoms with Crippen LogP contribution in [0.3, 0.4) is 0 Å². The van der Waals surface area contributed by atoms with E-state index in [1.54, 1.807) is 6.33 Å². The van der Waals surface area contributed by atoms with E-state index < -0.39 is 0 Å². The lowest BCUT2D eigenvalue weighted by atomic mass is 10.00. The molecule has 1 unspecified atom stereocenters. The average molecular weight is 347 g/mol. The maximum absolute atomic E-state index is 12.4. The quantitative estimate of drug-likeness (QED) is 0.781. The molecule has 1 atom stereocenters. The summed E-state index contributed by atoms with van der Waals surface area (Å²) >= 11 is 1.41. The third kappa shape index (κ3) is 3.38. The van der Waals surface area contributed by atoms with Crippen molar-refractivity contribution in [3.05, 3.63) is 16.8 Å². The van der Waals surface area contributed by atoms with Crippen molar-refractivity contribution in [1.82, 2.24) is 9.97 Å². The number of ether oxygens (including phenoxy) is 1. The molecule has 1 aliphatic rings. The molecule has 2 aromatic rings. The Labute approximate surface area is 147 Å². The number of rotatable bonds is 4. The van der Waals surface area contributed by atoms with Crippen molar-refractivity contribution < 1.29 is 9.53 Å². The van der Waals surface area contributed by atoms with Crippen LogP contribution in [0.2, 0.25) is 0 Å². The van der Waals surface area contributed by atoms with Gasteiger partial charge in [-0.2, -0.15) is 0 Å². The number of thiophene rings is 1. The zero-order valence-electron chi connectivity index (χ0n) is 14.8. The highest BCUT2D eigenvalue weighted by Gasteiger charge is 2.25. The van der Waals surface area contributed by atoms with Crippen LogP contribution >= 0.6 is 11.3 Å². The molecule has 0 amide bonds. The topological polar surface area (TPSA) is 55.3 Å². The fourth-order valence-corrected chi connectivity index (χ4v) is 4.21. The Morgan fingerprint density at radius 2 is 2.25 bits per heavy atom. The molecule has 3 rings (SSSR count). The molecular formula is C18H25N3O2S. The predicted molar refractivity (Wildman–Crippen MR) is 97.9 cm³/mol. The zero-order chi connectivity index (χ0) is 17.3. The molecule has 3 heterocycles. The molecule has 1 saturated heterocycles. The van der Waals surface area contributed by atoms with Crippen molar-refractivity contribution in [3.63, 3.8) is 0 Å². The highest BCUT2D eigenvalue weighted by molar-refractivity contribution is 7.20. The maximum atomic E-state index is 12.4. The zero-order valence-corrected chi connectivity index (χ0v) is 15.7. The van der Waals surface area contributed by atoms with E-state index in [1.165, 1.54) is 24.2 Å². The first kappa shape index (κ1) is 17.1. The van der Waals surface area contributed by atoms with Gasteiger partial charge >= 0.3 is 5.97 Å². The monoisotopic (exact) mass is 347 g/mol. The number of fused-ring (bicyclic) bond motifs is 1. The van der Waals surface area contributed by atoms with Crippen molar-refractivity contribution in [1.29, 1.82) is 0 Å². The Morgan fingerprint density at radius 3 is 2.96 bits per heavy atom. The molecule has 0 aromatic carbocycles. The molecule has 0 bridgehead atoms. The maximum Gasteiger partial charge on any atom is 0.348 e. The molecule has 0 spiro atoms. The first-order valence-electron chi connectivity index (χ1n) is 8.63. The molecule has 0 saturated carbocycles. The SMILES string of the molecule is Cc1c(C(=O)OCC(C)C)sc2ncnc(N3CCCC(C)C3)c12. The molecule has 5 nitrogen and oxygen atoms in total. The summed E-state index contributed by atoms with van der Waals surface area (Å²) in [5.74, 6) is 1.71. The van der Waals surface area contributed by atoms with Crippen molar-refractivity contribution in [2.45, 2.75) is 40.5 Å². The number of hydrogen-bond acceptors (Lipinski definition) is 6. The summed E-state index contributed by atoms with van der Waals surface area (Å²) in [6, 6.07) is 0. The van der Waals surface area contributed by atoms with Gasteiger partial charge in [-0.1, -0.05) is 20.8 Å². The Bertz CT molecular complexity index is 741. The van der Waals surface area contributed by atoms with Gasteiger partial charge in [0.2, 0.25) is 0 Å². The molecule has 1 fully saturated rings. The van der Waals surface area contributed by atoms with E-state index in [9.17, 15) is 4.79 Å². The fraction of sp³-hybridized carbons (Fsp3) is 0.611. The van der Waals surface area contributed by atoms with E-state index >= 15 is 0 Å². The van der Waals surface area contributed by atoms with E-state index in [0.717, 1.165) is 34.7 Å². The molecule has 0 aliphatic carbocycles. The van der Waals surface area contributed by atoms with Crippen molar-refractivity contribution in [3.8, 4) is 0 Å². The third-order valence-corrected chi connectivity index (χ3v) is 5.58. The highest BCUT2D eigenvalue weighted by Crippen LogP contribution is 2.36. The van der Waals surface area contributed by atoms with Gasteiger partial charge in [0.15, 0.2) is 0 Å². The molecule has 2 aromatic heterocycles. The lowest BCUT2D eigenvalue weighted by Crippen LogP contribution is -2.35. The van der Waals surface area contributed by atoms with E-state index in [1.807, 2.05) is 20.8 Å². The van der Waals surface area contributed by atoms with Crippen LogP contribution in [0.1, 0.15) is 48.8 Å². The highest BCUT2D eigenvalue weighted by atomic mass is 32.1. The number of nitrogens with zero attached hydrogens (tertiary/aromatic N) is 3. The minimum Gasteiger partial charge on any atom is -0.461 e. The van der Waals surface area contributed by atoms with Gasteiger partial charge in [-0.15, -0.1) is 11.3 Å². The summed E-state index contributed by atoms with van der Waals surface area (Å²) in [5.41, 5.74) is 0.942. The second-order valence-electron chi connectivity index (χ2n) is 7.12. The first-order valence-corrected chi connectivity index (χ1v) is 9.45. The minimum atomic E-state index is -0.248. The Kier molecular flexibility index (Phi) is 5.04. The summed E-state index contributed by atoms with van der Waals surface area (Å²) in [6.45, 7) is 10.8. The van der Waals surface area contributed by atoms with Crippen LogP contribution < -0.4 is 4.90 Å². The van der Waals surface area contributed by atoms with Crippen molar-refractivity contribution in [2.75, 3.05) is 24.6 Å². The fourth-order valence-electron chi connectivity index (χ4n) is 3.18. The van der Waals surface area contributed by atoms with Gasteiger partial charge in [0.05, 0.1) is 12.0 Å². The normalized spacial score (nSPS) is 18.4. The summed E-state index contributed by atoms with van der Waals surface area (Å²) in [4.78, 5) is 25.2. The van der Waals surface area contributed by atoms with Gasteiger partial charge in [-0.25, -0.2) is 14.8 Å². The summed E-state index contributed by atoms with van der Waals surface area (Å²) in [6.07, 6.45) is 4.05. The lowest BCUT2D eigenvalue weighted by Gasteiger charge is -2.32. The molecule has 24 heavy (non-hydrogen) atoms. The van der Waals surface area contributed by atoms with Gasteiger partial charge in [0, 0.05) is 13.1 Å². The number of anilines is 1. The number of aryl methyl sites for hydroxylation is 1. The lowest BCUT2D eigenvalue weighted by molar-refractivity contribution is 0.0464. The second kappa shape index (κ2) is 7.05. The molecule has 1 aliphatic heterocycles. The first-order chi connectivity index (χ1) is 11.5. The number of esters is 1. The Hall–Kier alpha value is -1.69. The summed E-state index contributed by atoms with van der Waals surface area (Å²) < 4.78 is 5.41. The summed E-state index contributed by atoms with van der Waals surface area (Å²) in [7, 11) is 0. The Balaban J connectivity index is 1.96. The average Bonchev–Trinajstić information content (AvgIpc) is 2.90. The van der Waals surface area contributed by atoms with E-state index in [4.69, 9.17) is 4.74 Å². The van der Waals surface area contributed by atoms with Crippen LogP contribution in [-0.4, -0.2) is 35.6 Å². The van der Waals surface area contributed by atoms with Crippen molar-refractivity contribution in [2.24, 2.45) is 11.8 Å². The third-order valence-electron chi connectivity index (χ3n) is 4.40. The second-order valence-corrected chi connectivity index (χ2v) is 8.12. The molecule has 6 heteroatoms. The molecule has 0 N–H and O–H groups in total. The van der Waals surface area contributed by atoms with E-state index in [0.29, 0.717) is 23.3 Å². The van der Waals surface area contributed by atoms with Crippen LogP contribution in [0.15, 0.2) is 6.33 Å². The van der Waals surface area contributed by atoms with Crippen molar-refractivity contribution >= 4 is 33.3 Å². The van der Waals surface area contributed by atoms with Gasteiger partial charge < -0.3 is 9.64 Å². The van der Waals surface area contributed by atoms with Gasteiger partial charge in [0.25, 0.3) is 0 Å². The number of aromatic nitrogens is 2. The molecule has 130 valence electrons. The van der Waals surface area contributed by atoms with Crippen LogP contribution in [0, 0.1) is 18.8 Å². The number of hydrogen-bond donors (Lipinski definition) is 0. The predicted octanol–water partition coefficient (Wildman–Crippen LogP) is 4.05. The smallest absolute Gasteiger partial charge is 0.348 e. The van der Waals surface area contributed by atoms with Crippen LogP contribution in [0.25, 0.3) is 10.2 Å². The standard InChI is InChI=1S/C18H25N3O2S/c1-11(2)9-23-18(22)15-13(4)14-16(19-10-20-17(14)24-15)21-7-5-6-12(3)8-21/h10-12H,5-9H2,1-4H3.